The predicted molar refractivity (Wildman–Crippen MR) is 133 cm³/mol. The number of carbonyl (C=O) groups is 1. The fraction of sp³-hybridized carbons (Fsp3) is 0.400. The number of halogens is 5. The zero-order valence-electron chi connectivity index (χ0n) is 18.9. The molecule has 11 heteroatoms. The fourth-order valence-electron chi connectivity index (χ4n) is 6.67. The summed E-state index contributed by atoms with van der Waals surface area (Å²) in [6, 6.07) is 12.5. The molecule has 5 aliphatic heterocycles. The monoisotopic (exact) mass is 609 g/mol. The highest BCUT2D eigenvalue weighted by molar-refractivity contribution is 14.1. The lowest BCUT2D eigenvalue weighted by Crippen LogP contribution is -2.88. The molecule has 3 unspecified atom stereocenters. The van der Waals surface area contributed by atoms with Gasteiger partial charge in [-0.2, -0.15) is 23.5 Å². The van der Waals surface area contributed by atoms with Crippen LogP contribution in [0.1, 0.15) is 31.2 Å². The number of hydrazone groups is 1. The third-order valence-corrected chi connectivity index (χ3v) is 8.73. The van der Waals surface area contributed by atoms with E-state index in [0.29, 0.717) is 25.1 Å². The molecule has 0 aliphatic carbocycles. The highest BCUT2D eigenvalue weighted by Gasteiger charge is 2.83. The summed E-state index contributed by atoms with van der Waals surface area (Å²) in [7, 11) is 0. The van der Waals surface area contributed by atoms with Crippen molar-refractivity contribution in [3.63, 3.8) is 0 Å². The second kappa shape index (κ2) is 7.89. The van der Waals surface area contributed by atoms with E-state index in [2.05, 4.69) is 27.7 Å². The molecule has 0 radical (unpaired) electrons. The van der Waals surface area contributed by atoms with E-state index in [1.165, 1.54) is 12.1 Å². The summed E-state index contributed by atoms with van der Waals surface area (Å²) >= 11 is 2.15. The first-order valence-corrected chi connectivity index (χ1v) is 12.7. The molecule has 6 nitrogen and oxygen atoms in total. The van der Waals surface area contributed by atoms with Crippen molar-refractivity contribution in [1.82, 2.24) is 4.90 Å². The van der Waals surface area contributed by atoms with E-state index in [4.69, 9.17) is 0 Å². The normalized spacial score (nSPS) is 29.6. The van der Waals surface area contributed by atoms with E-state index in [9.17, 15) is 27.6 Å². The van der Waals surface area contributed by atoms with E-state index in [-0.39, 0.29) is 17.8 Å². The number of carbonyl (C=O) groups excluding carboxylic acids is 1. The number of hydrogen-bond donors (Lipinski definition) is 0. The maximum Gasteiger partial charge on any atom is 0.431 e. The van der Waals surface area contributed by atoms with Crippen LogP contribution in [0.4, 0.5) is 28.9 Å². The highest BCUT2D eigenvalue weighted by Crippen LogP contribution is 2.65. The van der Waals surface area contributed by atoms with Gasteiger partial charge in [-0.15, -0.1) is 0 Å². The Morgan fingerprint density at radius 1 is 1.06 bits per heavy atom. The SMILES string of the molecule is N#Cc1cc(N2N=C(C(F)(F)F)C3C45CCCCN4C32C(=O)N(c2ccc(I)cc2)CC5)ccc1F. The molecule has 5 heterocycles. The zero-order chi connectivity index (χ0) is 25.5. The zero-order valence-corrected chi connectivity index (χ0v) is 21.1. The van der Waals surface area contributed by atoms with Crippen LogP contribution < -0.4 is 9.91 Å². The van der Waals surface area contributed by atoms with Gasteiger partial charge in [0, 0.05) is 27.9 Å². The second-order valence-electron chi connectivity index (χ2n) is 9.63. The van der Waals surface area contributed by atoms with E-state index in [1.54, 1.807) is 23.1 Å². The smallest absolute Gasteiger partial charge is 0.309 e. The molecule has 0 saturated carbocycles. The Labute approximate surface area is 218 Å². The Bertz CT molecular complexity index is 1340. The van der Waals surface area contributed by atoms with Crippen molar-refractivity contribution in [2.45, 2.75) is 43.1 Å². The summed E-state index contributed by atoms with van der Waals surface area (Å²) in [5.41, 5.74) is -3.22. The number of piperidine rings is 1. The van der Waals surface area contributed by atoms with Gasteiger partial charge in [-0.25, -0.2) is 9.40 Å². The predicted octanol–water partition coefficient (Wildman–Crippen LogP) is 5.03. The number of nitrogens with zero attached hydrogens (tertiary/aromatic N) is 5. The van der Waals surface area contributed by atoms with Crippen molar-refractivity contribution < 1.29 is 22.4 Å². The van der Waals surface area contributed by atoms with Crippen LogP contribution in [-0.4, -0.2) is 47.0 Å². The summed E-state index contributed by atoms with van der Waals surface area (Å²) in [6.07, 6.45) is -2.33. The molecule has 2 aromatic rings. The van der Waals surface area contributed by atoms with Gasteiger partial charge in [0.2, 0.25) is 5.66 Å². The maximum absolute atomic E-state index is 14.5. The average Bonchev–Trinajstić information content (AvgIpc) is 3.07. The Morgan fingerprint density at radius 2 is 1.78 bits per heavy atom. The second-order valence-corrected chi connectivity index (χ2v) is 10.9. The average molecular weight is 609 g/mol. The van der Waals surface area contributed by atoms with Gasteiger partial charge in [0.25, 0.3) is 5.91 Å². The minimum atomic E-state index is -4.75. The topological polar surface area (TPSA) is 62.9 Å². The van der Waals surface area contributed by atoms with Crippen LogP contribution in [0.25, 0.3) is 0 Å². The maximum atomic E-state index is 14.5. The molecule has 36 heavy (non-hydrogen) atoms. The van der Waals surface area contributed by atoms with Gasteiger partial charge in [0.15, 0.2) is 5.71 Å². The van der Waals surface area contributed by atoms with Gasteiger partial charge in [0.1, 0.15) is 11.9 Å². The fourth-order valence-corrected chi connectivity index (χ4v) is 7.03. The number of alkyl halides is 3. The number of hydrogen-bond acceptors (Lipinski definition) is 5. The van der Waals surface area contributed by atoms with Crippen molar-refractivity contribution in [2.24, 2.45) is 11.0 Å². The van der Waals surface area contributed by atoms with Gasteiger partial charge >= 0.3 is 6.18 Å². The van der Waals surface area contributed by atoms with Crippen molar-refractivity contribution >= 4 is 45.6 Å². The molecule has 186 valence electrons. The minimum Gasteiger partial charge on any atom is -0.309 e. The van der Waals surface area contributed by atoms with Gasteiger partial charge in [-0.05, 0) is 84.3 Å². The van der Waals surface area contributed by atoms with Gasteiger partial charge in [0.05, 0.1) is 17.2 Å². The molecule has 4 fully saturated rings. The molecule has 5 aliphatic rings. The van der Waals surface area contributed by atoms with Crippen LogP contribution in [-0.2, 0) is 4.79 Å². The standard InChI is InChI=1S/C25H20F4IN5O/c26-19-8-7-18(13-15(19)14-31)35-24-20(21(32-35)25(27,28)29)23(9-1-2-11-34(23)24)10-12-33(22(24)36)17-5-3-16(30)4-6-17/h3-8,13,20H,1-2,9-12H2. The van der Waals surface area contributed by atoms with Crippen LogP contribution in [0.2, 0.25) is 0 Å². The van der Waals surface area contributed by atoms with Crippen molar-refractivity contribution in [3.8, 4) is 6.07 Å². The number of benzene rings is 2. The Kier molecular flexibility index (Phi) is 5.18. The lowest BCUT2D eigenvalue weighted by molar-refractivity contribution is -0.196. The molecule has 1 amide bonds. The van der Waals surface area contributed by atoms with Crippen molar-refractivity contribution in [2.75, 3.05) is 23.0 Å². The Balaban J connectivity index is 1.58. The lowest BCUT2D eigenvalue weighted by atomic mass is 9.57. The number of anilines is 2. The first-order chi connectivity index (χ1) is 17.1. The van der Waals surface area contributed by atoms with E-state index < -0.39 is 40.7 Å². The molecule has 3 atom stereocenters. The molecule has 2 spiro atoms. The molecule has 0 N–H and O–H groups in total. The molecular formula is C25H20F4IN5O. The summed E-state index contributed by atoms with van der Waals surface area (Å²) in [6.45, 7) is 0.728. The van der Waals surface area contributed by atoms with Crippen LogP contribution in [0, 0.1) is 26.6 Å². The van der Waals surface area contributed by atoms with Crippen LogP contribution in [0.5, 0.6) is 0 Å². The van der Waals surface area contributed by atoms with Crippen LogP contribution >= 0.6 is 22.6 Å². The van der Waals surface area contributed by atoms with E-state index in [1.807, 2.05) is 17.0 Å². The van der Waals surface area contributed by atoms with Crippen molar-refractivity contribution in [3.05, 3.63) is 57.4 Å². The molecule has 2 bridgehead atoms. The number of fused-ring (bicyclic) bond motifs is 3. The van der Waals surface area contributed by atoms with Crippen LogP contribution in [0.15, 0.2) is 47.6 Å². The number of nitriles is 1. The van der Waals surface area contributed by atoms with E-state index in [0.717, 1.165) is 27.5 Å². The van der Waals surface area contributed by atoms with Gasteiger partial charge in [-0.3, -0.25) is 9.69 Å². The summed E-state index contributed by atoms with van der Waals surface area (Å²) in [4.78, 5) is 17.9. The quantitative estimate of drug-likeness (QED) is 0.354. The summed E-state index contributed by atoms with van der Waals surface area (Å²) in [5.74, 6) is -2.47. The first-order valence-electron chi connectivity index (χ1n) is 11.7. The van der Waals surface area contributed by atoms with Crippen molar-refractivity contribution in [1.29, 1.82) is 5.26 Å². The lowest BCUT2D eigenvalue weighted by Gasteiger charge is -2.69. The third kappa shape index (κ3) is 2.97. The van der Waals surface area contributed by atoms with Gasteiger partial charge in [-0.1, -0.05) is 6.42 Å². The summed E-state index contributed by atoms with van der Waals surface area (Å²) in [5, 5.41) is 14.5. The largest absolute Gasteiger partial charge is 0.431 e. The highest BCUT2D eigenvalue weighted by atomic mass is 127. The van der Waals surface area contributed by atoms with E-state index >= 15 is 0 Å². The van der Waals surface area contributed by atoms with Gasteiger partial charge < -0.3 is 4.90 Å². The number of amides is 1. The minimum absolute atomic E-state index is 0.0779. The molecule has 0 aromatic heterocycles. The molecule has 4 saturated heterocycles. The Morgan fingerprint density at radius 3 is 2.47 bits per heavy atom. The van der Waals surface area contributed by atoms with Crippen LogP contribution in [0.3, 0.4) is 0 Å². The third-order valence-electron chi connectivity index (χ3n) is 8.01. The molecule has 2 aromatic carbocycles. The molecular weight excluding hydrogens is 589 g/mol. The molecule has 7 rings (SSSR count). The Hall–Kier alpha value is -2.72. The summed E-state index contributed by atoms with van der Waals surface area (Å²) < 4.78 is 58.6. The first kappa shape index (κ1) is 23.7. The number of rotatable bonds is 2.